The average Bonchev–Trinajstić information content (AvgIpc) is 3.12. The van der Waals surface area contributed by atoms with Crippen molar-refractivity contribution in [3.63, 3.8) is 0 Å². The molecule has 0 aliphatic heterocycles. The molecule has 0 radical (unpaired) electrons. The number of nitrogens with zero attached hydrogens (tertiary/aromatic N) is 3. The molecule has 0 fully saturated rings. The van der Waals surface area contributed by atoms with E-state index in [0.717, 1.165) is 25.4 Å². The lowest BCUT2D eigenvalue weighted by Gasteiger charge is -2.07. The number of aromatic hydroxyl groups is 1. The van der Waals surface area contributed by atoms with Crippen molar-refractivity contribution in [2.24, 2.45) is 10.2 Å². The fraction of sp³-hybridized carbons (Fsp3) is 0.0769. The number of halogens is 2. The van der Waals surface area contributed by atoms with Crippen molar-refractivity contribution >= 4 is 65.3 Å². The molecule has 0 spiro atoms. The second-order valence-electron chi connectivity index (χ2n) is 7.88. The summed E-state index contributed by atoms with van der Waals surface area (Å²) in [4.78, 5) is 23.8. The van der Waals surface area contributed by atoms with Gasteiger partial charge in [-0.15, -0.1) is 10.2 Å². The van der Waals surface area contributed by atoms with Crippen molar-refractivity contribution in [1.29, 1.82) is 0 Å². The molecule has 10 heteroatoms. The normalized spacial score (nSPS) is 11.5. The molecule has 0 atom stereocenters. The van der Waals surface area contributed by atoms with Gasteiger partial charge in [0.2, 0.25) is 5.88 Å². The van der Waals surface area contributed by atoms with Crippen LogP contribution in [0.3, 0.4) is 0 Å². The van der Waals surface area contributed by atoms with E-state index < -0.39 is 11.5 Å². The smallest absolute Gasteiger partial charge is 0.336 e. The SMILES string of the molecule is O=C(COc1ccc2ccc(=O)oc2c1)N=Nc1c(O)n(Cc2ccc(Br)cc2)c2ccc(Br)cc12. The van der Waals surface area contributed by atoms with Gasteiger partial charge in [0.05, 0.1) is 12.1 Å². The minimum Gasteiger partial charge on any atom is -0.493 e. The highest BCUT2D eigenvalue weighted by molar-refractivity contribution is 9.10. The Kier molecular flexibility index (Phi) is 6.71. The summed E-state index contributed by atoms with van der Waals surface area (Å²) in [5.41, 5.74) is 1.78. The van der Waals surface area contributed by atoms with E-state index >= 15 is 0 Å². The first kappa shape index (κ1) is 24.0. The molecular weight excluding hydrogens is 594 g/mol. The molecule has 5 aromatic rings. The van der Waals surface area contributed by atoms with Gasteiger partial charge in [-0.1, -0.05) is 44.0 Å². The summed E-state index contributed by atoms with van der Waals surface area (Å²) in [5.74, 6) is -0.404. The van der Waals surface area contributed by atoms with Crippen LogP contribution in [0.1, 0.15) is 5.56 Å². The first-order chi connectivity index (χ1) is 17.4. The molecule has 1 N–H and O–H groups in total. The molecule has 0 saturated carbocycles. The average molecular weight is 611 g/mol. The maximum absolute atomic E-state index is 12.4. The zero-order chi connectivity index (χ0) is 25.2. The van der Waals surface area contributed by atoms with Crippen molar-refractivity contribution in [3.8, 4) is 11.6 Å². The van der Waals surface area contributed by atoms with Crippen LogP contribution in [0.25, 0.3) is 21.9 Å². The number of carbonyl (C=O) groups is 1. The summed E-state index contributed by atoms with van der Waals surface area (Å²) < 4.78 is 14.1. The number of benzene rings is 3. The number of rotatable bonds is 6. The molecule has 2 aromatic heterocycles. The number of amides is 1. The maximum Gasteiger partial charge on any atom is 0.336 e. The van der Waals surface area contributed by atoms with Crippen LogP contribution in [0.5, 0.6) is 11.6 Å². The van der Waals surface area contributed by atoms with Gasteiger partial charge in [-0.05, 0) is 54.1 Å². The molecule has 2 heterocycles. The second kappa shape index (κ2) is 10.1. The van der Waals surface area contributed by atoms with Crippen molar-refractivity contribution in [2.45, 2.75) is 6.54 Å². The van der Waals surface area contributed by atoms with Crippen LogP contribution in [-0.2, 0) is 11.3 Å². The van der Waals surface area contributed by atoms with E-state index in [1.54, 1.807) is 22.8 Å². The number of hydrogen-bond acceptors (Lipinski definition) is 6. The molecule has 8 nitrogen and oxygen atoms in total. The van der Waals surface area contributed by atoms with Crippen LogP contribution < -0.4 is 10.4 Å². The van der Waals surface area contributed by atoms with Gasteiger partial charge in [0, 0.05) is 31.9 Å². The molecule has 0 saturated heterocycles. The third kappa shape index (κ3) is 5.09. The van der Waals surface area contributed by atoms with Crippen LogP contribution in [0, 0.1) is 0 Å². The van der Waals surface area contributed by atoms with E-state index in [4.69, 9.17) is 9.15 Å². The summed E-state index contributed by atoms with van der Waals surface area (Å²) in [7, 11) is 0. The third-order valence-electron chi connectivity index (χ3n) is 5.44. The standard InChI is InChI=1S/C26H17Br2N3O5/c27-17-5-1-15(2-6-17)13-31-21-9-7-18(28)11-20(21)25(26(31)34)30-29-23(32)14-35-19-8-3-16-4-10-24(33)36-22(16)12-19/h1-12,34H,13-14H2. The predicted octanol–water partition coefficient (Wildman–Crippen LogP) is 6.72. The van der Waals surface area contributed by atoms with Crippen LogP contribution in [0.15, 0.2) is 101 Å². The molecule has 0 aliphatic rings. The van der Waals surface area contributed by atoms with E-state index in [2.05, 4.69) is 42.1 Å². The van der Waals surface area contributed by atoms with Crippen molar-refractivity contribution in [1.82, 2.24) is 4.57 Å². The van der Waals surface area contributed by atoms with Gasteiger partial charge in [-0.3, -0.25) is 4.79 Å². The highest BCUT2D eigenvalue weighted by Gasteiger charge is 2.18. The zero-order valence-electron chi connectivity index (χ0n) is 18.5. The quantitative estimate of drug-likeness (QED) is 0.170. The van der Waals surface area contributed by atoms with Crippen molar-refractivity contribution < 1.29 is 19.1 Å². The Morgan fingerprint density at radius 3 is 2.53 bits per heavy atom. The number of ether oxygens (including phenoxy) is 1. The molecule has 1 amide bonds. The summed E-state index contributed by atoms with van der Waals surface area (Å²) >= 11 is 6.87. The van der Waals surface area contributed by atoms with Gasteiger partial charge < -0.3 is 18.8 Å². The van der Waals surface area contributed by atoms with Crippen LogP contribution in [0.2, 0.25) is 0 Å². The first-order valence-electron chi connectivity index (χ1n) is 10.7. The van der Waals surface area contributed by atoms with Crippen LogP contribution in [0.4, 0.5) is 5.69 Å². The summed E-state index contributed by atoms with van der Waals surface area (Å²) in [6.45, 7) is 0.0238. The number of fused-ring (bicyclic) bond motifs is 2. The lowest BCUT2D eigenvalue weighted by atomic mass is 10.2. The Balaban J connectivity index is 1.37. The Morgan fingerprint density at radius 2 is 1.72 bits per heavy atom. The molecule has 180 valence electrons. The molecule has 0 bridgehead atoms. The number of azo groups is 1. The van der Waals surface area contributed by atoms with Crippen LogP contribution >= 0.6 is 31.9 Å². The zero-order valence-corrected chi connectivity index (χ0v) is 21.7. The Morgan fingerprint density at radius 1 is 0.972 bits per heavy atom. The van der Waals surface area contributed by atoms with E-state index in [9.17, 15) is 14.7 Å². The van der Waals surface area contributed by atoms with Crippen molar-refractivity contribution in [3.05, 3.63) is 97.7 Å². The van der Waals surface area contributed by atoms with E-state index in [1.165, 1.54) is 12.1 Å². The molecule has 3 aromatic carbocycles. The fourth-order valence-corrected chi connectivity index (χ4v) is 4.36. The van der Waals surface area contributed by atoms with Gasteiger partial charge in [0.25, 0.3) is 0 Å². The van der Waals surface area contributed by atoms with Gasteiger partial charge >= 0.3 is 11.5 Å². The number of aromatic nitrogens is 1. The lowest BCUT2D eigenvalue weighted by Crippen LogP contribution is -2.07. The fourth-order valence-electron chi connectivity index (χ4n) is 3.74. The molecule has 0 unspecified atom stereocenters. The monoisotopic (exact) mass is 609 g/mol. The summed E-state index contributed by atoms with van der Waals surface area (Å²) in [6, 6.07) is 21.2. The van der Waals surface area contributed by atoms with E-state index in [1.807, 2.05) is 42.5 Å². The number of hydrogen-bond donors (Lipinski definition) is 1. The van der Waals surface area contributed by atoms with Gasteiger partial charge in [0.1, 0.15) is 11.3 Å². The first-order valence-corrected chi connectivity index (χ1v) is 12.3. The minimum absolute atomic E-state index is 0.104. The topological polar surface area (TPSA) is 106 Å². The highest BCUT2D eigenvalue weighted by Crippen LogP contribution is 2.40. The molecule has 0 aliphatic carbocycles. The summed E-state index contributed by atoms with van der Waals surface area (Å²) in [5, 5.41) is 20.2. The third-order valence-corrected chi connectivity index (χ3v) is 6.47. The molecule has 5 rings (SSSR count). The molecule has 36 heavy (non-hydrogen) atoms. The van der Waals surface area contributed by atoms with Gasteiger partial charge in [-0.25, -0.2) is 4.79 Å². The maximum atomic E-state index is 12.4. The number of carbonyl (C=O) groups excluding carboxylic acids is 1. The largest absolute Gasteiger partial charge is 0.493 e. The Hall–Kier alpha value is -3.76. The van der Waals surface area contributed by atoms with E-state index in [0.29, 0.717) is 23.3 Å². The second-order valence-corrected chi connectivity index (χ2v) is 9.71. The minimum atomic E-state index is -0.646. The van der Waals surface area contributed by atoms with Crippen molar-refractivity contribution in [2.75, 3.05) is 6.61 Å². The highest BCUT2D eigenvalue weighted by atomic mass is 79.9. The lowest BCUT2D eigenvalue weighted by molar-refractivity contribution is -0.120. The Bertz CT molecular complexity index is 1690. The van der Waals surface area contributed by atoms with Crippen LogP contribution in [-0.4, -0.2) is 22.2 Å². The predicted molar refractivity (Wildman–Crippen MR) is 142 cm³/mol. The Labute approximate surface area is 221 Å². The van der Waals surface area contributed by atoms with Gasteiger partial charge in [-0.2, -0.15) is 0 Å². The molecular formula is C26H17Br2N3O5. The van der Waals surface area contributed by atoms with Gasteiger partial charge in [0.15, 0.2) is 12.3 Å². The van der Waals surface area contributed by atoms with E-state index in [-0.39, 0.29) is 18.2 Å². The summed E-state index contributed by atoms with van der Waals surface area (Å²) in [6.07, 6.45) is 0.